The van der Waals surface area contributed by atoms with Crippen LogP contribution in [0, 0.1) is 0 Å². The van der Waals surface area contributed by atoms with Gasteiger partial charge in [-0.1, -0.05) is 15.9 Å². The van der Waals surface area contributed by atoms with E-state index in [1.165, 1.54) is 0 Å². The quantitative estimate of drug-likeness (QED) is 0.551. The van der Waals surface area contributed by atoms with E-state index in [1.807, 2.05) is 24.3 Å². The lowest BCUT2D eigenvalue weighted by atomic mass is 10.3. The number of nitrogens with zero attached hydrogens (tertiary/aromatic N) is 1. The second kappa shape index (κ2) is 8.26. The molecule has 1 N–H and O–H groups in total. The first-order valence-corrected chi connectivity index (χ1v) is 7.83. The van der Waals surface area contributed by atoms with Crippen molar-refractivity contribution in [3.63, 3.8) is 0 Å². The summed E-state index contributed by atoms with van der Waals surface area (Å²) in [5.74, 6) is 0.269. The van der Waals surface area contributed by atoms with Gasteiger partial charge in [-0.2, -0.15) is 0 Å². The van der Waals surface area contributed by atoms with Crippen molar-refractivity contribution in [2.45, 2.75) is 18.9 Å². The van der Waals surface area contributed by atoms with Crippen molar-refractivity contribution >= 4 is 27.7 Å². The lowest BCUT2D eigenvalue weighted by Gasteiger charge is -2.18. The van der Waals surface area contributed by atoms with Gasteiger partial charge < -0.3 is 14.6 Å². The minimum Gasteiger partial charge on any atom is -0.491 e. The summed E-state index contributed by atoms with van der Waals surface area (Å²) >= 11 is 3.34. The average Bonchev–Trinajstić information content (AvgIpc) is 2.81. The van der Waals surface area contributed by atoms with Gasteiger partial charge >= 0.3 is 0 Å². The van der Waals surface area contributed by atoms with E-state index >= 15 is 0 Å². The van der Waals surface area contributed by atoms with E-state index in [0.717, 1.165) is 15.1 Å². The Balaban J connectivity index is 1.59. The molecular formula is C15H18BrNO5. The van der Waals surface area contributed by atoms with Crippen molar-refractivity contribution in [2.75, 3.05) is 26.4 Å². The minimum atomic E-state index is -0.876. The van der Waals surface area contributed by atoms with Crippen LogP contribution in [0.25, 0.3) is 0 Å². The number of aliphatic hydroxyl groups is 1. The van der Waals surface area contributed by atoms with Gasteiger partial charge in [0.1, 0.15) is 12.4 Å². The first-order chi connectivity index (χ1) is 10.6. The van der Waals surface area contributed by atoms with Crippen molar-refractivity contribution in [1.29, 1.82) is 0 Å². The summed E-state index contributed by atoms with van der Waals surface area (Å²) in [6.45, 7) is 0.719. The predicted molar refractivity (Wildman–Crippen MR) is 82.4 cm³/mol. The van der Waals surface area contributed by atoms with E-state index in [9.17, 15) is 14.7 Å². The Bertz CT molecular complexity index is 503. The van der Waals surface area contributed by atoms with Crippen LogP contribution >= 0.6 is 15.9 Å². The number of β-amino-alcohol motifs (C(OH)–C–C–N with tert-alkyl or cyclic N) is 1. The van der Waals surface area contributed by atoms with E-state index in [1.54, 1.807) is 0 Å². The van der Waals surface area contributed by atoms with Gasteiger partial charge in [0.05, 0.1) is 25.9 Å². The minimum absolute atomic E-state index is 0.00869. The molecule has 1 unspecified atom stereocenters. The molecule has 22 heavy (non-hydrogen) atoms. The maximum Gasteiger partial charge on any atom is 0.229 e. The molecule has 2 amide bonds. The zero-order chi connectivity index (χ0) is 15.9. The molecular weight excluding hydrogens is 354 g/mol. The van der Waals surface area contributed by atoms with Crippen molar-refractivity contribution in [1.82, 2.24) is 4.90 Å². The molecule has 120 valence electrons. The summed E-state index contributed by atoms with van der Waals surface area (Å²) in [5.41, 5.74) is 0. The Morgan fingerprint density at radius 2 is 1.77 bits per heavy atom. The molecule has 1 saturated heterocycles. The van der Waals surface area contributed by atoms with E-state index < -0.39 is 6.10 Å². The fourth-order valence-electron chi connectivity index (χ4n) is 2.06. The first kappa shape index (κ1) is 16.9. The lowest BCUT2D eigenvalue weighted by Crippen LogP contribution is -2.38. The fraction of sp³-hybridized carbons (Fsp3) is 0.467. The number of ether oxygens (including phenoxy) is 2. The number of halogens is 1. The summed E-state index contributed by atoms with van der Waals surface area (Å²) in [6, 6.07) is 7.43. The molecule has 0 saturated carbocycles. The SMILES string of the molecule is O=C1CCC(=O)N1CC(O)COCCOc1ccc(Br)cc1. The van der Waals surface area contributed by atoms with Crippen LogP contribution in [0.15, 0.2) is 28.7 Å². The average molecular weight is 372 g/mol. The fourth-order valence-corrected chi connectivity index (χ4v) is 2.32. The summed E-state index contributed by atoms with van der Waals surface area (Å²) in [6.07, 6.45) is -0.417. The topological polar surface area (TPSA) is 76.1 Å². The van der Waals surface area contributed by atoms with Gasteiger partial charge in [-0.05, 0) is 24.3 Å². The molecule has 1 aliphatic rings. The number of amides is 2. The molecule has 1 aromatic rings. The molecule has 6 nitrogen and oxygen atoms in total. The largest absolute Gasteiger partial charge is 0.491 e. The smallest absolute Gasteiger partial charge is 0.229 e. The van der Waals surface area contributed by atoms with Crippen LogP contribution in [0.2, 0.25) is 0 Å². The number of aliphatic hydroxyl groups excluding tert-OH is 1. The number of hydrogen-bond acceptors (Lipinski definition) is 5. The first-order valence-electron chi connectivity index (χ1n) is 7.03. The van der Waals surface area contributed by atoms with E-state index in [4.69, 9.17) is 9.47 Å². The summed E-state index contributed by atoms with van der Waals surface area (Å²) in [7, 11) is 0. The molecule has 0 spiro atoms. The number of carbonyl (C=O) groups is 2. The Hall–Kier alpha value is -1.44. The summed E-state index contributed by atoms with van der Waals surface area (Å²) in [4.78, 5) is 23.9. The van der Waals surface area contributed by atoms with Crippen LogP contribution in [0.5, 0.6) is 5.75 Å². The van der Waals surface area contributed by atoms with Crippen LogP contribution in [-0.4, -0.2) is 54.3 Å². The third kappa shape index (κ3) is 5.08. The zero-order valence-electron chi connectivity index (χ0n) is 12.0. The number of hydrogen-bond donors (Lipinski definition) is 1. The molecule has 1 atom stereocenters. The highest BCUT2D eigenvalue weighted by molar-refractivity contribution is 9.10. The molecule has 2 rings (SSSR count). The van der Waals surface area contributed by atoms with Gasteiger partial charge in [-0.15, -0.1) is 0 Å². The van der Waals surface area contributed by atoms with Crippen molar-refractivity contribution in [3.05, 3.63) is 28.7 Å². The second-order valence-corrected chi connectivity index (χ2v) is 5.84. The number of likely N-dealkylation sites (tertiary alicyclic amines) is 1. The van der Waals surface area contributed by atoms with Crippen LogP contribution < -0.4 is 4.74 Å². The molecule has 0 radical (unpaired) electrons. The molecule has 1 heterocycles. The van der Waals surface area contributed by atoms with Gasteiger partial charge in [-0.25, -0.2) is 0 Å². The van der Waals surface area contributed by atoms with Gasteiger partial charge in [0, 0.05) is 17.3 Å². The lowest BCUT2D eigenvalue weighted by molar-refractivity contribution is -0.140. The van der Waals surface area contributed by atoms with E-state index in [0.29, 0.717) is 13.2 Å². The molecule has 0 bridgehead atoms. The molecule has 1 aromatic carbocycles. The van der Waals surface area contributed by atoms with Crippen LogP contribution in [0.1, 0.15) is 12.8 Å². The Morgan fingerprint density at radius 1 is 1.14 bits per heavy atom. The highest BCUT2D eigenvalue weighted by Crippen LogP contribution is 2.16. The molecule has 0 aliphatic carbocycles. The van der Waals surface area contributed by atoms with Crippen LogP contribution in [0.4, 0.5) is 0 Å². The summed E-state index contributed by atoms with van der Waals surface area (Å²) in [5, 5.41) is 9.77. The van der Waals surface area contributed by atoms with Crippen LogP contribution in [0.3, 0.4) is 0 Å². The van der Waals surface area contributed by atoms with Crippen molar-refractivity contribution in [3.8, 4) is 5.75 Å². The maximum atomic E-state index is 11.4. The highest BCUT2D eigenvalue weighted by atomic mass is 79.9. The van der Waals surface area contributed by atoms with Gasteiger partial charge in [-0.3, -0.25) is 14.5 Å². The standard InChI is InChI=1S/C15H18BrNO5/c16-11-1-3-13(4-2-11)22-8-7-21-10-12(18)9-17-14(19)5-6-15(17)20/h1-4,12,18H,5-10H2. The maximum absolute atomic E-state index is 11.4. The molecule has 0 aromatic heterocycles. The number of imide groups is 1. The van der Waals surface area contributed by atoms with Crippen molar-refractivity contribution < 1.29 is 24.2 Å². The Labute approximate surface area is 137 Å². The van der Waals surface area contributed by atoms with Gasteiger partial charge in [0.2, 0.25) is 11.8 Å². The van der Waals surface area contributed by atoms with Crippen molar-refractivity contribution in [2.24, 2.45) is 0 Å². The van der Waals surface area contributed by atoms with E-state index in [-0.39, 0.29) is 37.8 Å². The van der Waals surface area contributed by atoms with Gasteiger partial charge in [0.15, 0.2) is 0 Å². The summed E-state index contributed by atoms with van der Waals surface area (Å²) < 4.78 is 11.7. The zero-order valence-corrected chi connectivity index (χ0v) is 13.6. The number of benzene rings is 1. The predicted octanol–water partition coefficient (Wildman–Crippen LogP) is 1.35. The molecule has 1 fully saturated rings. The van der Waals surface area contributed by atoms with Gasteiger partial charge in [0.25, 0.3) is 0 Å². The highest BCUT2D eigenvalue weighted by Gasteiger charge is 2.30. The Morgan fingerprint density at radius 3 is 2.41 bits per heavy atom. The third-order valence-electron chi connectivity index (χ3n) is 3.17. The normalized spacial score (nSPS) is 16.2. The Kier molecular flexibility index (Phi) is 6.35. The number of carbonyl (C=O) groups excluding carboxylic acids is 2. The second-order valence-electron chi connectivity index (χ2n) is 4.93. The third-order valence-corrected chi connectivity index (χ3v) is 3.70. The molecule has 1 aliphatic heterocycles. The number of rotatable bonds is 8. The molecule has 7 heteroatoms. The van der Waals surface area contributed by atoms with Crippen LogP contribution in [-0.2, 0) is 14.3 Å². The van der Waals surface area contributed by atoms with E-state index in [2.05, 4.69) is 15.9 Å². The monoisotopic (exact) mass is 371 g/mol.